The number of carboxylic acids is 1. The average Bonchev–Trinajstić information content (AvgIpc) is 2.79. The number of rotatable bonds is 1. The Morgan fingerprint density at radius 3 is 2.34 bits per heavy atom. The van der Waals surface area contributed by atoms with Crippen LogP contribution < -0.4 is 0 Å². The molecule has 0 aromatic carbocycles. The molecule has 0 aliphatic heterocycles. The number of aliphatic carboxylic acids is 1. The Balaban J connectivity index is 1.67. The average molecular weight is 478 g/mol. The quantitative estimate of drug-likeness (QED) is 0.414. The van der Waals surface area contributed by atoms with Crippen LogP contribution >= 0.6 is 0 Å². The third kappa shape index (κ3) is 2.79. The number of nitrogens with zero attached hydrogens (tertiary/aromatic N) is 1. The molecule has 0 aromatic rings. The molecular weight excluding hydrogens is 434 g/mol. The Morgan fingerprint density at radius 2 is 1.71 bits per heavy atom. The predicted octanol–water partition coefficient (Wildman–Crippen LogP) is 6.97. The van der Waals surface area contributed by atoms with Gasteiger partial charge in [-0.3, -0.25) is 9.59 Å². The largest absolute Gasteiger partial charge is 0.481 e. The van der Waals surface area contributed by atoms with Gasteiger partial charge in [0.25, 0.3) is 0 Å². The third-order valence-corrected chi connectivity index (χ3v) is 12.9. The molecule has 35 heavy (non-hydrogen) atoms. The second-order valence-corrected chi connectivity index (χ2v) is 14.2. The zero-order valence-corrected chi connectivity index (χ0v) is 22.7. The fourth-order valence-corrected chi connectivity index (χ4v) is 10.5. The minimum absolute atomic E-state index is 0.000928. The molecule has 3 fully saturated rings. The van der Waals surface area contributed by atoms with Crippen LogP contribution in [0.4, 0.5) is 0 Å². The second-order valence-electron chi connectivity index (χ2n) is 14.2. The molecule has 0 heterocycles. The molecule has 3 saturated carbocycles. The van der Waals surface area contributed by atoms with Crippen molar-refractivity contribution in [2.75, 3.05) is 0 Å². The lowest BCUT2D eigenvalue weighted by Gasteiger charge is -2.70. The van der Waals surface area contributed by atoms with Crippen molar-refractivity contribution in [2.24, 2.45) is 56.7 Å². The van der Waals surface area contributed by atoms with Gasteiger partial charge in [-0.2, -0.15) is 5.26 Å². The molecule has 9 atom stereocenters. The van der Waals surface area contributed by atoms with Crippen molar-refractivity contribution in [2.45, 2.75) is 93.4 Å². The number of carbonyl (C=O) groups is 2. The highest BCUT2D eigenvalue weighted by Crippen LogP contribution is 2.75. The Kier molecular flexibility index (Phi) is 5.19. The van der Waals surface area contributed by atoms with Gasteiger partial charge >= 0.3 is 5.97 Å². The smallest absolute Gasteiger partial charge is 0.310 e. The second kappa shape index (κ2) is 7.33. The molecule has 0 bridgehead atoms. The van der Waals surface area contributed by atoms with E-state index in [-0.39, 0.29) is 33.9 Å². The van der Waals surface area contributed by atoms with Crippen LogP contribution in [0.5, 0.6) is 0 Å². The number of fused-ring (bicyclic) bond motifs is 7. The van der Waals surface area contributed by atoms with Gasteiger partial charge in [0.2, 0.25) is 0 Å². The van der Waals surface area contributed by atoms with Crippen molar-refractivity contribution in [1.29, 1.82) is 5.26 Å². The fraction of sp³-hybridized carbons (Fsp3) is 0.774. The molecule has 0 radical (unpaired) electrons. The Bertz CT molecular complexity index is 1090. The summed E-state index contributed by atoms with van der Waals surface area (Å²) in [7, 11) is 0. The SMILES string of the molecule is CC1CCC2(C(=O)O)CCC3(C)C(=CCC4C5(C)C=C(C#N)C(=O)C(C)(C)C5CCC43C)C2C1C. The number of Topliss-reactive ketones (excluding diaryl/α,β-unsaturated/α-hetero) is 1. The zero-order chi connectivity index (χ0) is 25.8. The Hall–Kier alpha value is -1.89. The molecule has 0 amide bonds. The van der Waals surface area contributed by atoms with Crippen LogP contribution in [0.2, 0.25) is 0 Å². The lowest BCUT2D eigenvalue weighted by atomic mass is 9.34. The molecule has 1 N–H and O–H groups in total. The number of ketones is 1. The Morgan fingerprint density at radius 1 is 1.03 bits per heavy atom. The predicted molar refractivity (Wildman–Crippen MR) is 136 cm³/mol. The van der Waals surface area contributed by atoms with Gasteiger partial charge < -0.3 is 5.11 Å². The number of hydrogen-bond donors (Lipinski definition) is 1. The molecule has 4 heteroatoms. The van der Waals surface area contributed by atoms with E-state index in [9.17, 15) is 20.0 Å². The van der Waals surface area contributed by atoms with Crippen LogP contribution in [-0.4, -0.2) is 16.9 Å². The maximum atomic E-state index is 13.2. The van der Waals surface area contributed by atoms with Crippen molar-refractivity contribution >= 4 is 11.8 Å². The lowest BCUT2D eigenvalue weighted by molar-refractivity contribution is -0.176. The summed E-state index contributed by atoms with van der Waals surface area (Å²) in [6.45, 7) is 15.9. The van der Waals surface area contributed by atoms with Crippen LogP contribution in [0.1, 0.15) is 93.4 Å². The van der Waals surface area contributed by atoms with E-state index in [0.29, 0.717) is 23.3 Å². The van der Waals surface area contributed by atoms with Gasteiger partial charge in [0.15, 0.2) is 5.78 Å². The first-order chi connectivity index (χ1) is 16.2. The van der Waals surface area contributed by atoms with E-state index >= 15 is 0 Å². The molecular formula is C31H43NO3. The first-order valence-electron chi connectivity index (χ1n) is 13.8. The molecule has 5 rings (SSSR count). The van der Waals surface area contributed by atoms with Crippen molar-refractivity contribution < 1.29 is 14.7 Å². The molecule has 0 spiro atoms. The molecule has 190 valence electrons. The highest BCUT2D eigenvalue weighted by atomic mass is 16.4. The van der Waals surface area contributed by atoms with E-state index in [2.05, 4.69) is 46.8 Å². The summed E-state index contributed by atoms with van der Waals surface area (Å²) < 4.78 is 0. The van der Waals surface area contributed by atoms with Crippen molar-refractivity contribution in [3.05, 3.63) is 23.3 Å². The van der Waals surface area contributed by atoms with Gasteiger partial charge in [-0.05, 0) is 90.8 Å². The highest BCUT2D eigenvalue weighted by molar-refractivity contribution is 6.04. The third-order valence-electron chi connectivity index (χ3n) is 12.9. The summed E-state index contributed by atoms with van der Waals surface area (Å²) in [5.74, 6) is 0.924. The number of hydrogen-bond acceptors (Lipinski definition) is 3. The first kappa shape index (κ1) is 24.8. The topological polar surface area (TPSA) is 78.2 Å². The van der Waals surface area contributed by atoms with E-state index in [1.54, 1.807) is 0 Å². The standard InChI is InChI=1S/C31H43NO3/c1-18-10-13-31(26(34)35)15-14-29(6)21(24(31)19(18)2)8-9-23-28(5)16-20(17-32)25(33)27(3,4)22(28)11-12-30(23,29)7/h8,16,18-19,22-24H,9-15H2,1-7H3,(H,34,35). The van der Waals surface area contributed by atoms with Crippen molar-refractivity contribution in [3.8, 4) is 6.07 Å². The van der Waals surface area contributed by atoms with Crippen LogP contribution in [0, 0.1) is 68.0 Å². The van der Waals surface area contributed by atoms with Crippen LogP contribution in [0.15, 0.2) is 23.3 Å². The van der Waals surface area contributed by atoms with E-state index < -0.39 is 16.8 Å². The minimum atomic E-state index is -0.630. The molecule has 4 nitrogen and oxygen atoms in total. The van der Waals surface area contributed by atoms with E-state index in [1.807, 2.05) is 19.9 Å². The molecule has 0 saturated heterocycles. The van der Waals surface area contributed by atoms with Gasteiger partial charge in [0, 0.05) is 5.41 Å². The molecule has 9 unspecified atom stereocenters. The number of carbonyl (C=O) groups excluding carboxylic acids is 1. The van der Waals surface area contributed by atoms with Crippen LogP contribution in [0.25, 0.3) is 0 Å². The summed E-state index contributed by atoms with van der Waals surface area (Å²) in [6.07, 6.45) is 10.9. The van der Waals surface area contributed by atoms with Gasteiger partial charge in [-0.25, -0.2) is 0 Å². The monoisotopic (exact) mass is 477 g/mol. The van der Waals surface area contributed by atoms with Gasteiger partial charge in [0.1, 0.15) is 6.07 Å². The lowest BCUT2D eigenvalue weighted by Crippen LogP contribution is -2.64. The van der Waals surface area contributed by atoms with Crippen molar-refractivity contribution in [3.63, 3.8) is 0 Å². The Labute approximate surface area is 211 Å². The number of allylic oxidation sites excluding steroid dienone is 4. The summed E-state index contributed by atoms with van der Waals surface area (Å²) >= 11 is 0. The maximum Gasteiger partial charge on any atom is 0.310 e. The number of carboxylic acid groups (broad SMARTS) is 1. The van der Waals surface area contributed by atoms with E-state index in [1.165, 1.54) is 5.57 Å². The summed E-state index contributed by atoms with van der Waals surface area (Å²) in [5, 5.41) is 20.4. The van der Waals surface area contributed by atoms with Gasteiger partial charge in [0.05, 0.1) is 11.0 Å². The normalized spacial score (nSPS) is 50.3. The fourth-order valence-electron chi connectivity index (χ4n) is 10.5. The molecule has 5 aliphatic rings. The zero-order valence-electron chi connectivity index (χ0n) is 22.7. The molecule has 5 aliphatic carbocycles. The van der Waals surface area contributed by atoms with Crippen LogP contribution in [-0.2, 0) is 9.59 Å². The van der Waals surface area contributed by atoms with Gasteiger partial charge in [-0.15, -0.1) is 0 Å². The molecule has 0 aromatic heterocycles. The summed E-state index contributed by atoms with van der Waals surface area (Å²) in [5.41, 5.74) is 0.288. The van der Waals surface area contributed by atoms with Gasteiger partial charge in [-0.1, -0.05) is 66.2 Å². The number of nitriles is 1. The highest BCUT2D eigenvalue weighted by Gasteiger charge is 2.69. The summed E-state index contributed by atoms with van der Waals surface area (Å²) in [6, 6.07) is 2.24. The minimum Gasteiger partial charge on any atom is -0.481 e. The van der Waals surface area contributed by atoms with Crippen LogP contribution in [0.3, 0.4) is 0 Å². The maximum absolute atomic E-state index is 13.2. The summed E-state index contributed by atoms with van der Waals surface area (Å²) in [4.78, 5) is 26.0. The van der Waals surface area contributed by atoms with E-state index in [0.717, 1.165) is 44.9 Å². The van der Waals surface area contributed by atoms with Crippen molar-refractivity contribution in [1.82, 2.24) is 0 Å². The van der Waals surface area contributed by atoms with E-state index in [4.69, 9.17) is 0 Å². The first-order valence-corrected chi connectivity index (χ1v) is 13.8.